The zero-order valence-corrected chi connectivity index (χ0v) is 15.7. The summed E-state index contributed by atoms with van der Waals surface area (Å²) >= 11 is 0. The van der Waals surface area contributed by atoms with Crippen LogP contribution in [0.2, 0.25) is 0 Å². The molecule has 0 spiro atoms. The minimum absolute atomic E-state index is 0.148. The third-order valence-electron chi connectivity index (χ3n) is 5.37. The number of aromatic nitrogens is 3. The number of nitrogens with zero attached hydrogens (tertiary/aromatic N) is 5. The number of anilines is 1. The molecule has 29 heavy (non-hydrogen) atoms. The predicted molar refractivity (Wildman–Crippen MR) is 102 cm³/mol. The molecule has 3 aromatic rings. The van der Waals surface area contributed by atoms with Crippen LogP contribution in [0, 0.1) is 23.0 Å². The van der Waals surface area contributed by atoms with Crippen LogP contribution in [0.4, 0.5) is 14.6 Å². The quantitative estimate of drug-likeness (QED) is 0.735. The Bertz CT molecular complexity index is 1110. The van der Waals surface area contributed by atoms with Gasteiger partial charge in [0.25, 0.3) is 5.91 Å². The molecule has 0 atom stereocenters. The fourth-order valence-corrected chi connectivity index (χ4v) is 3.74. The minimum Gasteiger partial charge on any atom is -0.356 e. The van der Waals surface area contributed by atoms with Crippen LogP contribution in [-0.4, -0.2) is 51.9 Å². The van der Waals surface area contributed by atoms with Gasteiger partial charge in [-0.05, 0) is 31.0 Å². The summed E-state index contributed by atoms with van der Waals surface area (Å²) in [4.78, 5) is 27.9. The summed E-state index contributed by atoms with van der Waals surface area (Å²) in [6.07, 6.45) is 4.64. The summed E-state index contributed by atoms with van der Waals surface area (Å²) in [5.74, 6) is -1.54. The van der Waals surface area contributed by atoms with Crippen LogP contribution < -0.4 is 4.90 Å². The molecule has 1 amide bonds. The van der Waals surface area contributed by atoms with Crippen molar-refractivity contribution in [3.05, 3.63) is 53.5 Å². The Balaban J connectivity index is 1.47. The van der Waals surface area contributed by atoms with Gasteiger partial charge in [-0.15, -0.1) is 0 Å². The molecule has 9 heteroatoms. The SMILES string of the molecule is CN(c1ncnc2[nH]ccc12)C1CCN(C(=O)c2cc(F)c(C#N)cc2F)CC1. The molecule has 148 valence electrons. The number of nitriles is 1. The van der Waals surface area contributed by atoms with Crippen LogP contribution in [-0.2, 0) is 0 Å². The van der Waals surface area contributed by atoms with Crippen molar-refractivity contribution in [3.63, 3.8) is 0 Å². The zero-order chi connectivity index (χ0) is 20.5. The molecule has 7 nitrogen and oxygen atoms in total. The largest absolute Gasteiger partial charge is 0.356 e. The Kier molecular flexibility index (Phi) is 4.84. The summed E-state index contributed by atoms with van der Waals surface area (Å²) in [5.41, 5.74) is -0.00813. The second-order valence-corrected chi connectivity index (χ2v) is 7.00. The smallest absolute Gasteiger partial charge is 0.256 e. The zero-order valence-electron chi connectivity index (χ0n) is 15.7. The summed E-state index contributed by atoms with van der Waals surface area (Å²) in [6, 6.07) is 5.20. The summed E-state index contributed by atoms with van der Waals surface area (Å²) in [7, 11) is 1.95. The lowest BCUT2D eigenvalue weighted by molar-refractivity contribution is 0.0708. The number of aromatic amines is 1. The number of nitrogens with one attached hydrogen (secondary N) is 1. The van der Waals surface area contributed by atoms with Crippen molar-refractivity contribution in [2.24, 2.45) is 0 Å². The van der Waals surface area contributed by atoms with E-state index >= 15 is 0 Å². The Hall–Kier alpha value is -3.54. The number of piperidine rings is 1. The molecule has 3 heterocycles. The molecule has 0 unspecified atom stereocenters. The highest BCUT2D eigenvalue weighted by molar-refractivity contribution is 5.94. The number of rotatable bonds is 3. The number of hydrogen-bond donors (Lipinski definition) is 1. The predicted octanol–water partition coefficient (Wildman–Crippen LogP) is 2.85. The lowest BCUT2D eigenvalue weighted by atomic mass is 10.0. The highest BCUT2D eigenvalue weighted by Gasteiger charge is 2.29. The number of hydrogen-bond acceptors (Lipinski definition) is 5. The number of carbonyl (C=O) groups is 1. The van der Waals surface area contributed by atoms with Crippen molar-refractivity contribution < 1.29 is 13.6 Å². The number of likely N-dealkylation sites (tertiary alicyclic amines) is 1. The van der Waals surface area contributed by atoms with Gasteiger partial charge in [-0.25, -0.2) is 18.7 Å². The van der Waals surface area contributed by atoms with Crippen LogP contribution >= 0.6 is 0 Å². The molecule has 1 aliphatic heterocycles. The van der Waals surface area contributed by atoms with Gasteiger partial charge in [0, 0.05) is 32.4 Å². The third kappa shape index (κ3) is 3.38. The molecule has 0 aliphatic carbocycles. The van der Waals surface area contributed by atoms with E-state index in [0.29, 0.717) is 25.9 Å². The summed E-state index contributed by atoms with van der Waals surface area (Å²) in [5, 5.41) is 9.70. The molecular weight excluding hydrogens is 378 g/mol. The topological polar surface area (TPSA) is 88.9 Å². The maximum absolute atomic E-state index is 14.2. The molecule has 2 aromatic heterocycles. The first-order valence-corrected chi connectivity index (χ1v) is 9.19. The maximum atomic E-state index is 14.2. The van der Waals surface area contributed by atoms with E-state index in [1.54, 1.807) is 6.07 Å². The highest BCUT2D eigenvalue weighted by Crippen LogP contribution is 2.27. The molecular formula is C20H18F2N6O. The third-order valence-corrected chi connectivity index (χ3v) is 5.37. The monoisotopic (exact) mass is 396 g/mol. The van der Waals surface area contributed by atoms with E-state index in [-0.39, 0.29) is 11.6 Å². The van der Waals surface area contributed by atoms with E-state index < -0.39 is 23.1 Å². The van der Waals surface area contributed by atoms with Gasteiger partial charge in [-0.1, -0.05) is 0 Å². The number of carbonyl (C=O) groups excluding carboxylic acids is 1. The molecule has 4 rings (SSSR count). The Morgan fingerprint density at radius 1 is 1.28 bits per heavy atom. The van der Waals surface area contributed by atoms with Gasteiger partial charge in [0.1, 0.15) is 35.5 Å². The average molecular weight is 396 g/mol. The van der Waals surface area contributed by atoms with E-state index in [2.05, 4.69) is 19.9 Å². The standard InChI is InChI=1S/C20H18F2N6O/c1-27(19-14-2-5-24-18(14)25-11-26-19)13-3-6-28(7-4-13)20(29)15-9-16(21)12(10-23)8-17(15)22/h2,5,8-9,11,13H,3-4,6-7H2,1H3,(H,24,25,26). The number of fused-ring (bicyclic) bond motifs is 1. The van der Waals surface area contributed by atoms with Crippen molar-refractivity contribution in [2.75, 3.05) is 25.0 Å². The van der Waals surface area contributed by atoms with Crippen LogP contribution in [0.25, 0.3) is 11.0 Å². The van der Waals surface area contributed by atoms with Crippen molar-refractivity contribution in [1.29, 1.82) is 5.26 Å². The van der Waals surface area contributed by atoms with Gasteiger partial charge < -0.3 is 14.8 Å². The molecule has 1 saturated heterocycles. The molecule has 1 aliphatic rings. The molecule has 1 aromatic carbocycles. The van der Waals surface area contributed by atoms with E-state index in [1.807, 2.05) is 19.3 Å². The first kappa shape index (κ1) is 18.8. The van der Waals surface area contributed by atoms with E-state index in [0.717, 1.165) is 29.0 Å². The average Bonchev–Trinajstić information content (AvgIpc) is 3.23. The van der Waals surface area contributed by atoms with Gasteiger partial charge in [-0.2, -0.15) is 5.26 Å². The Morgan fingerprint density at radius 3 is 2.76 bits per heavy atom. The van der Waals surface area contributed by atoms with Crippen molar-refractivity contribution in [2.45, 2.75) is 18.9 Å². The number of halogens is 2. The van der Waals surface area contributed by atoms with E-state index in [4.69, 9.17) is 5.26 Å². The molecule has 0 radical (unpaired) electrons. The lowest BCUT2D eigenvalue weighted by Crippen LogP contribution is -2.46. The van der Waals surface area contributed by atoms with Crippen LogP contribution in [0.15, 0.2) is 30.7 Å². The van der Waals surface area contributed by atoms with Crippen LogP contribution in [0.3, 0.4) is 0 Å². The van der Waals surface area contributed by atoms with Gasteiger partial charge in [0.15, 0.2) is 0 Å². The van der Waals surface area contributed by atoms with Crippen molar-refractivity contribution in [3.8, 4) is 6.07 Å². The lowest BCUT2D eigenvalue weighted by Gasteiger charge is -2.37. The Labute approximate surface area is 165 Å². The second kappa shape index (κ2) is 7.47. The molecule has 1 N–H and O–H groups in total. The van der Waals surface area contributed by atoms with Gasteiger partial charge >= 0.3 is 0 Å². The molecule has 0 saturated carbocycles. The molecule has 0 bridgehead atoms. The fourth-order valence-electron chi connectivity index (χ4n) is 3.74. The van der Waals surface area contributed by atoms with Gasteiger partial charge in [0.2, 0.25) is 0 Å². The summed E-state index contributed by atoms with van der Waals surface area (Å²) in [6.45, 7) is 0.826. The van der Waals surface area contributed by atoms with E-state index in [1.165, 1.54) is 11.2 Å². The number of benzene rings is 1. The number of amides is 1. The normalized spacial score (nSPS) is 14.8. The molecule has 1 fully saturated rings. The van der Waals surface area contributed by atoms with E-state index in [9.17, 15) is 13.6 Å². The minimum atomic E-state index is -0.897. The number of H-pyrrole nitrogens is 1. The van der Waals surface area contributed by atoms with Crippen LogP contribution in [0.5, 0.6) is 0 Å². The Morgan fingerprint density at radius 2 is 2.03 bits per heavy atom. The van der Waals surface area contributed by atoms with Gasteiger partial charge in [0.05, 0.1) is 16.5 Å². The van der Waals surface area contributed by atoms with Crippen molar-refractivity contribution >= 4 is 22.8 Å². The van der Waals surface area contributed by atoms with Crippen LogP contribution in [0.1, 0.15) is 28.8 Å². The highest BCUT2D eigenvalue weighted by atomic mass is 19.1. The maximum Gasteiger partial charge on any atom is 0.256 e. The second-order valence-electron chi connectivity index (χ2n) is 7.00. The first-order valence-electron chi connectivity index (χ1n) is 9.19. The van der Waals surface area contributed by atoms with Crippen molar-refractivity contribution in [1.82, 2.24) is 19.9 Å². The fraction of sp³-hybridized carbons (Fsp3) is 0.300. The summed E-state index contributed by atoms with van der Waals surface area (Å²) < 4.78 is 28.0. The first-order chi connectivity index (χ1) is 14.0. The van der Waals surface area contributed by atoms with Gasteiger partial charge in [-0.3, -0.25) is 4.79 Å².